The van der Waals surface area contributed by atoms with Crippen molar-refractivity contribution < 1.29 is 13.9 Å². The first kappa shape index (κ1) is 11.3. The van der Waals surface area contributed by atoms with Gasteiger partial charge in [-0.1, -0.05) is 0 Å². The van der Waals surface area contributed by atoms with Crippen molar-refractivity contribution in [3.05, 3.63) is 36.6 Å². The molecule has 0 aliphatic carbocycles. The van der Waals surface area contributed by atoms with Crippen LogP contribution in [-0.2, 0) is 4.79 Å². The lowest BCUT2D eigenvalue weighted by molar-refractivity contribution is -0.114. The van der Waals surface area contributed by atoms with E-state index in [9.17, 15) is 4.79 Å². The molecule has 4 heteroatoms. The molecular formula is C13H13NO3. The van der Waals surface area contributed by atoms with E-state index in [0.29, 0.717) is 17.2 Å². The van der Waals surface area contributed by atoms with Gasteiger partial charge in [0.15, 0.2) is 0 Å². The number of ether oxygens (including phenoxy) is 1. The molecule has 0 spiro atoms. The second kappa shape index (κ2) is 4.74. The van der Waals surface area contributed by atoms with Gasteiger partial charge in [0.1, 0.15) is 11.5 Å². The van der Waals surface area contributed by atoms with Crippen LogP contribution in [-0.4, -0.2) is 13.0 Å². The Hall–Kier alpha value is -2.23. The van der Waals surface area contributed by atoms with E-state index in [1.807, 2.05) is 12.1 Å². The molecule has 0 fully saturated rings. The van der Waals surface area contributed by atoms with Crippen LogP contribution in [0, 0.1) is 0 Å². The zero-order valence-corrected chi connectivity index (χ0v) is 9.69. The standard InChI is InChI=1S/C13H13NO3/c1-9(15)14-10-5-6-12(16-2)11(8-10)13-4-3-7-17-13/h3-8H,1-2H3,(H,14,15). The second-order valence-electron chi connectivity index (χ2n) is 3.57. The maximum absolute atomic E-state index is 11.0. The minimum atomic E-state index is -0.111. The Balaban J connectivity index is 2.43. The first-order valence-corrected chi connectivity index (χ1v) is 5.20. The summed E-state index contributed by atoms with van der Waals surface area (Å²) in [6, 6.07) is 9.05. The van der Waals surface area contributed by atoms with Gasteiger partial charge in [-0.3, -0.25) is 4.79 Å². The minimum Gasteiger partial charge on any atom is -0.496 e. The number of methoxy groups -OCH3 is 1. The lowest BCUT2D eigenvalue weighted by atomic mass is 10.1. The van der Waals surface area contributed by atoms with Gasteiger partial charge < -0.3 is 14.5 Å². The molecule has 1 heterocycles. The molecule has 1 N–H and O–H groups in total. The van der Waals surface area contributed by atoms with E-state index in [4.69, 9.17) is 9.15 Å². The van der Waals surface area contributed by atoms with Crippen LogP contribution >= 0.6 is 0 Å². The number of rotatable bonds is 3. The molecule has 1 aromatic heterocycles. The van der Waals surface area contributed by atoms with Crippen LogP contribution in [0.1, 0.15) is 6.92 Å². The Morgan fingerprint density at radius 3 is 2.76 bits per heavy atom. The number of amides is 1. The van der Waals surface area contributed by atoms with Crippen molar-refractivity contribution >= 4 is 11.6 Å². The molecule has 0 atom stereocenters. The van der Waals surface area contributed by atoms with Crippen molar-refractivity contribution in [1.82, 2.24) is 0 Å². The van der Waals surface area contributed by atoms with Crippen LogP contribution < -0.4 is 10.1 Å². The van der Waals surface area contributed by atoms with Crippen LogP contribution in [0.5, 0.6) is 5.75 Å². The Morgan fingerprint density at radius 1 is 1.35 bits per heavy atom. The molecule has 0 unspecified atom stereocenters. The van der Waals surface area contributed by atoms with E-state index in [2.05, 4.69) is 5.32 Å². The van der Waals surface area contributed by atoms with Crippen LogP contribution in [0.2, 0.25) is 0 Å². The third-order valence-electron chi connectivity index (χ3n) is 2.31. The van der Waals surface area contributed by atoms with Crippen molar-refractivity contribution in [2.24, 2.45) is 0 Å². The predicted molar refractivity (Wildman–Crippen MR) is 65.0 cm³/mol. The van der Waals surface area contributed by atoms with Crippen molar-refractivity contribution in [2.45, 2.75) is 6.92 Å². The van der Waals surface area contributed by atoms with E-state index in [1.165, 1.54) is 6.92 Å². The first-order valence-electron chi connectivity index (χ1n) is 5.20. The molecule has 0 saturated heterocycles. The molecule has 0 radical (unpaired) electrons. The summed E-state index contributed by atoms with van der Waals surface area (Å²) in [4.78, 5) is 11.0. The van der Waals surface area contributed by atoms with E-state index >= 15 is 0 Å². The van der Waals surface area contributed by atoms with Crippen LogP contribution in [0.15, 0.2) is 41.0 Å². The van der Waals surface area contributed by atoms with E-state index < -0.39 is 0 Å². The van der Waals surface area contributed by atoms with Gasteiger partial charge in [-0.15, -0.1) is 0 Å². The zero-order valence-electron chi connectivity index (χ0n) is 9.69. The Morgan fingerprint density at radius 2 is 2.18 bits per heavy atom. The molecule has 0 aliphatic rings. The van der Waals surface area contributed by atoms with Crippen molar-refractivity contribution in [2.75, 3.05) is 12.4 Å². The van der Waals surface area contributed by atoms with Gasteiger partial charge in [0.2, 0.25) is 5.91 Å². The quantitative estimate of drug-likeness (QED) is 0.883. The number of carbonyl (C=O) groups is 1. The fourth-order valence-corrected chi connectivity index (χ4v) is 1.61. The highest BCUT2D eigenvalue weighted by atomic mass is 16.5. The summed E-state index contributed by atoms with van der Waals surface area (Å²) in [5.74, 6) is 1.30. The molecular weight excluding hydrogens is 218 g/mol. The van der Waals surface area contributed by atoms with Gasteiger partial charge in [-0.05, 0) is 30.3 Å². The van der Waals surface area contributed by atoms with Gasteiger partial charge >= 0.3 is 0 Å². The summed E-state index contributed by atoms with van der Waals surface area (Å²) in [5, 5.41) is 2.72. The molecule has 1 aromatic carbocycles. The molecule has 2 rings (SSSR count). The minimum absolute atomic E-state index is 0.111. The second-order valence-corrected chi connectivity index (χ2v) is 3.57. The number of nitrogens with one attached hydrogen (secondary N) is 1. The first-order chi connectivity index (χ1) is 8.20. The van der Waals surface area contributed by atoms with Crippen LogP contribution in [0.3, 0.4) is 0 Å². The molecule has 4 nitrogen and oxygen atoms in total. The van der Waals surface area contributed by atoms with Crippen molar-refractivity contribution in [1.29, 1.82) is 0 Å². The molecule has 88 valence electrons. The largest absolute Gasteiger partial charge is 0.496 e. The maximum atomic E-state index is 11.0. The average Bonchev–Trinajstić information content (AvgIpc) is 2.81. The van der Waals surface area contributed by atoms with E-state index in [-0.39, 0.29) is 5.91 Å². The third-order valence-corrected chi connectivity index (χ3v) is 2.31. The number of hydrogen-bond acceptors (Lipinski definition) is 3. The number of furan rings is 1. The van der Waals surface area contributed by atoms with Crippen molar-refractivity contribution in [3.8, 4) is 17.1 Å². The summed E-state index contributed by atoms with van der Waals surface area (Å²) >= 11 is 0. The summed E-state index contributed by atoms with van der Waals surface area (Å²) in [7, 11) is 1.60. The lowest BCUT2D eigenvalue weighted by Crippen LogP contribution is -2.05. The van der Waals surface area contributed by atoms with Gasteiger partial charge in [0.25, 0.3) is 0 Å². The van der Waals surface area contributed by atoms with Crippen molar-refractivity contribution in [3.63, 3.8) is 0 Å². The summed E-state index contributed by atoms with van der Waals surface area (Å²) in [6.07, 6.45) is 1.60. The molecule has 0 bridgehead atoms. The molecule has 17 heavy (non-hydrogen) atoms. The number of carbonyl (C=O) groups excluding carboxylic acids is 1. The fourth-order valence-electron chi connectivity index (χ4n) is 1.61. The molecule has 0 aliphatic heterocycles. The van der Waals surface area contributed by atoms with Crippen LogP contribution in [0.4, 0.5) is 5.69 Å². The number of hydrogen-bond donors (Lipinski definition) is 1. The highest BCUT2D eigenvalue weighted by molar-refractivity contribution is 5.90. The van der Waals surface area contributed by atoms with Gasteiger partial charge in [-0.2, -0.15) is 0 Å². The molecule has 2 aromatic rings. The SMILES string of the molecule is COc1ccc(NC(C)=O)cc1-c1ccco1. The Labute approximate surface area is 99.2 Å². The topological polar surface area (TPSA) is 51.5 Å². The fraction of sp³-hybridized carbons (Fsp3) is 0.154. The highest BCUT2D eigenvalue weighted by Gasteiger charge is 2.09. The molecule has 0 saturated carbocycles. The number of anilines is 1. The normalized spacial score (nSPS) is 10.0. The monoisotopic (exact) mass is 231 g/mol. The Bertz CT molecular complexity index is 517. The summed E-state index contributed by atoms with van der Waals surface area (Å²) in [6.45, 7) is 1.47. The maximum Gasteiger partial charge on any atom is 0.221 e. The Kier molecular flexibility index (Phi) is 3.14. The van der Waals surface area contributed by atoms with Gasteiger partial charge in [0.05, 0.1) is 18.9 Å². The summed E-state index contributed by atoms with van der Waals surface area (Å²) < 4.78 is 10.6. The summed E-state index contributed by atoms with van der Waals surface area (Å²) in [5.41, 5.74) is 1.52. The van der Waals surface area contributed by atoms with Gasteiger partial charge in [-0.25, -0.2) is 0 Å². The van der Waals surface area contributed by atoms with E-state index in [1.54, 1.807) is 31.6 Å². The smallest absolute Gasteiger partial charge is 0.221 e. The third kappa shape index (κ3) is 2.47. The highest BCUT2D eigenvalue weighted by Crippen LogP contribution is 2.32. The zero-order chi connectivity index (χ0) is 12.3. The average molecular weight is 231 g/mol. The van der Waals surface area contributed by atoms with E-state index in [0.717, 1.165) is 5.56 Å². The predicted octanol–water partition coefficient (Wildman–Crippen LogP) is 2.91. The molecule has 1 amide bonds. The van der Waals surface area contributed by atoms with Crippen LogP contribution in [0.25, 0.3) is 11.3 Å². The number of benzene rings is 1. The lowest BCUT2D eigenvalue weighted by Gasteiger charge is -2.09. The van der Waals surface area contributed by atoms with Gasteiger partial charge in [0, 0.05) is 12.6 Å².